The van der Waals surface area contributed by atoms with Gasteiger partial charge in [-0.1, -0.05) is 24.3 Å². The Bertz CT molecular complexity index is 932. The van der Waals surface area contributed by atoms with Gasteiger partial charge in [-0.3, -0.25) is 4.57 Å². The summed E-state index contributed by atoms with van der Waals surface area (Å²) >= 11 is 0. The van der Waals surface area contributed by atoms with Crippen LogP contribution in [0.1, 0.15) is 30.8 Å². The molecule has 0 spiro atoms. The summed E-state index contributed by atoms with van der Waals surface area (Å²) in [6.45, 7) is 8.61. The van der Waals surface area contributed by atoms with Gasteiger partial charge in [-0.15, -0.1) is 0 Å². The van der Waals surface area contributed by atoms with Crippen molar-refractivity contribution in [1.29, 1.82) is 0 Å². The third-order valence-electron chi connectivity index (χ3n) is 4.36. The molecule has 0 unspecified atom stereocenters. The average molecular weight is 393 g/mol. The highest BCUT2D eigenvalue weighted by molar-refractivity contribution is 5.79. The number of hydrogen-bond acceptors (Lipinski definition) is 4. The van der Waals surface area contributed by atoms with Crippen molar-refractivity contribution in [3.05, 3.63) is 71.9 Å². The lowest BCUT2D eigenvalue weighted by Gasteiger charge is -2.14. The smallest absolute Gasteiger partial charge is 0.191 e. The zero-order chi connectivity index (χ0) is 20.5. The van der Waals surface area contributed by atoms with Crippen LogP contribution in [0.5, 0.6) is 5.75 Å². The molecule has 0 aliphatic carbocycles. The summed E-state index contributed by atoms with van der Waals surface area (Å²) in [5.41, 5.74) is 2.14. The van der Waals surface area contributed by atoms with Gasteiger partial charge in [0.2, 0.25) is 0 Å². The Morgan fingerprint density at radius 1 is 1.10 bits per heavy atom. The summed E-state index contributed by atoms with van der Waals surface area (Å²) in [4.78, 5) is 13.4. The van der Waals surface area contributed by atoms with Crippen LogP contribution in [0.25, 0.3) is 5.82 Å². The number of benzene rings is 1. The second kappa shape index (κ2) is 10.3. The predicted molar refractivity (Wildman–Crippen MR) is 115 cm³/mol. The van der Waals surface area contributed by atoms with Gasteiger partial charge in [-0.25, -0.2) is 15.0 Å². The zero-order valence-corrected chi connectivity index (χ0v) is 17.2. The molecular weight excluding hydrogens is 364 g/mol. The van der Waals surface area contributed by atoms with Crippen LogP contribution in [0.2, 0.25) is 0 Å². The Morgan fingerprint density at radius 3 is 2.66 bits per heavy atom. The third-order valence-corrected chi connectivity index (χ3v) is 4.36. The van der Waals surface area contributed by atoms with E-state index in [1.54, 1.807) is 6.20 Å². The zero-order valence-electron chi connectivity index (χ0n) is 17.2. The first-order valence-electron chi connectivity index (χ1n) is 9.89. The summed E-state index contributed by atoms with van der Waals surface area (Å²) in [6, 6.07) is 12.1. The molecule has 3 rings (SSSR count). The SMILES string of the molecule is CCNC(=NCc1ccc(-n2ccnc2C)nc1)NCc1ccccc1OCC. The number of aromatic nitrogens is 3. The first kappa shape index (κ1) is 20.4. The summed E-state index contributed by atoms with van der Waals surface area (Å²) in [5.74, 6) is 3.42. The molecule has 0 radical (unpaired) electrons. The van der Waals surface area contributed by atoms with Crippen LogP contribution in [-0.2, 0) is 13.1 Å². The number of pyridine rings is 1. The molecule has 7 heteroatoms. The Labute approximate surface area is 171 Å². The molecule has 3 aromatic rings. The molecule has 0 aliphatic heterocycles. The summed E-state index contributed by atoms with van der Waals surface area (Å²) in [5, 5.41) is 6.65. The Morgan fingerprint density at radius 2 is 1.97 bits per heavy atom. The second-order valence-corrected chi connectivity index (χ2v) is 6.46. The van der Waals surface area contributed by atoms with Gasteiger partial charge in [0, 0.05) is 37.2 Å². The number of imidazole rings is 1. The molecule has 2 N–H and O–H groups in total. The number of guanidine groups is 1. The van der Waals surface area contributed by atoms with Gasteiger partial charge in [0.25, 0.3) is 0 Å². The highest BCUT2D eigenvalue weighted by Crippen LogP contribution is 2.17. The minimum absolute atomic E-state index is 0.540. The van der Waals surface area contributed by atoms with Crippen molar-refractivity contribution in [1.82, 2.24) is 25.2 Å². The maximum absolute atomic E-state index is 5.69. The molecule has 0 bridgehead atoms. The molecule has 152 valence electrons. The lowest BCUT2D eigenvalue weighted by molar-refractivity contribution is 0.336. The van der Waals surface area contributed by atoms with E-state index in [1.807, 2.05) is 61.1 Å². The molecule has 0 fully saturated rings. The fraction of sp³-hybridized carbons (Fsp3) is 0.318. The molecular formula is C22H28N6O. The number of para-hydroxylation sites is 1. The predicted octanol–water partition coefficient (Wildman–Crippen LogP) is 3.23. The standard InChI is InChI=1S/C22H28N6O/c1-4-23-22(27-16-19-8-6-7-9-20(19)29-5-2)26-15-18-10-11-21(25-14-18)28-13-12-24-17(28)3/h6-14H,4-5,15-16H2,1-3H3,(H2,23,26,27). The Hall–Kier alpha value is -3.35. The van der Waals surface area contributed by atoms with Crippen molar-refractivity contribution in [2.24, 2.45) is 4.99 Å². The minimum Gasteiger partial charge on any atom is -0.494 e. The number of ether oxygens (including phenoxy) is 1. The number of nitrogens with zero attached hydrogens (tertiary/aromatic N) is 4. The quantitative estimate of drug-likeness (QED) is 0.455. The average Bonchev–Trinajstić information content (AvgIpc) is 3.17. The molecule has 0 saturated heterocycles. The van der Waals surface area contributed by atoms with Gasteiger partial charge in [-0.2, -0.15) is 0 Å². The van der Waals surface area contributed by atoms with Crippen molar-refractivity contribution in [3.63, 3.8) is 0 Å². The molecule has 1 aromatic carbocycles. The first-order chi connectivity index (χ1) is 14.2. The maximum Gasteiger partial charge on any atom is 0.191 e. The van der Waals surface area contributed by atoms with Crippen molar-refractivity contribution in [3.8, 4) is 11.6 Å². The third kappa shape index (κ3) is 5.57. The first-order valence-corrected chi connectivity index (χ1v) is 9.89. The summed E-state index contributed by atoms with van der Waals surface area (Å²) < 4.78 is 7.65. The number of aryl methyl sites for hydroxylation is 1. The van der Waals surface area contributed by atoms with Crippen molar-refractivity contribution in [2.45, 2.75) is 33.9 Å². The van der Waals surface area contributed by atoms with Crippen LogP contribution in [-0.4, -0.2) is 33.6 Å². The van der Waals surface area contributed by atoms with Crippen LogP contribution in [0, 0.1) is 6.92 Å². The van der Waals surface area contributed by atoms with Crippen LogP contribution < -0.4 is 15.4 Å². The lowest BCUT2D eigenvalue weighted by Crippen LogP contribution is -2.36. The van der Waals surface area contributed by atoms with E-state index in [4.69, 9.17) is 4.74 Å². The van der Waals surface area contributed by atoms with E-state index >= 15 is 0 Å². The topological polar surface area (TPSA) is 76.4 Å². The molecule has 2 aromatic heterocycles. The largest absolute Gasteiger partial charge is 0.494 e. The molecule has 0 aliphatic rings. The second-order valence-electron chi connectivity index (χ2n) is 6.46. The van der Waals surface area contributed by atoms with E-state index in [0.717, 1.165) is 41.0 Å². The van der Waals surface area contributed by atoms with Gasteiger partial charge in [0.05, 0.1) is 13.2 Å². The fourth-order valence-electron chi connectivity index (χ4n) is 2.91. The van der Waals surface area contributed by atoms with Gasteiger partial charge in [0.15, 0.2) is 5.96 Å². The molecule has 2 heterocycles. The van der Waals surface area contributed by atoms with Gasteiger partial charge in [0.1, 0.15) is 17.4 Å². The van der Waals surface area contributed by atoms with E-state index < -0.39 is 0 Å². The van der Waals surface area contributed by atoms with Gasteiger partial charge >= 0.3 is 0 Å². The number of hydrogen-bond donors (Lipinski definition) is 2. The molecule has 0 atom stereocenters. The normalized spacial score (nSPS) is 11.3. The van der Waals surface area contributed by atoms with E-state index in [-0.39, 0.29) is 0 Å². The van der Waals surface area contributed by atoms with Gasteiger partial charge in [-0.05, 0) is 38.5 Å². The van der Waals surface area contributed by atoms with E-state index in [0.29, 0.717) is 19.7 Å². The van der Waals surface area contributed by atoms with Crippen molar-refractivity contribution < 1.29 is 4.74 Å². The molecule has 0 amide bonds. The van der Waals surface area contributed by atoms with Crippen molar-refractivity contribution >= 4 is 5.96 Å². The molecule has 29 heavy (non-hydrogen) atoms. The number of nitrogens with one attached hydrogen (secondary N) is 2. The number of rotatable bonds is 8. The van der Waals surface area contributed by atoms with Crippen LogP contribution >= 0.6 is 0 Å². The Kier molecular flexibility index (Phi) is 7.22. The van der Waals surface area contributed by atoms with Gasteiger partial charge < -0.3 is 15.4 Å². The lowest BCUT2D eigenvalue weighted by atomic mass is 10.2. The highest BCUT2D eigenvalue weighted by Gasteiger charge is 2.05. The molecule has 7 nitrogen and oxygen atoms in total. The van der Waals surface area contributed by atoms with Crippen LogP contribution in [0.4, 0.5) is 0 Å². The maximum atomic E-state index is 5.69. The highest BCUT2D eigenvalue weighted by atomic mass is 16.5. The van der Waals surface area contributed by atoms with Crippen molar-refractivity contribution in [2.75, 3.05) is 13.2 Å². The molecule has 0 saturated carbocycles. The fourth-order valence-corrected chi connectivity index (χ4v) is 2.91. The monoisotopic (exact) mass is 392 g/mol. The van der Waals surface area contributed by atoms with Crippen LogP contribution in [0.3, 0.4) is 0 Å². The van der Waals surface area contributed by atoms with Crippen LogP contribution in [0.15, 0.2) is 60.0 Å². The minimum atomic E-state index is 0.540. The van der Waals surface area contributed by atoms with E-state index in [9.17, 15) is 0 Å². The summed E-state index contributed by atoms with van der Waals surface area (Å²) in [6.07, 6.45) is 5.53. The number of aliphatic imine (C=N–C) groups is 1. The van der Waals surface area contributed by atoms with E-state index in [2.05, 4.69) is 38.6 Å². The van der Waals surface area contributed by atoms with E-state index in [1.165, 1.54) is 0 Å². The Balaban J connectivity index is 1.64. The summed E-state index contributed by atoms with van der Waals surface area (Å²) in [7, 11) is 0.